The van der Waals surface area contributed by atoms with Gasteiger partial charge in [0.15, 0.2) is 0 Å². The van der Waals surface area contributed by atoms with Crippen LogP contribution in [0.5, 0.6) is 0 Å². The molecule has 0 aromatic heterocycles. The predicted octanol–water partition coefficient (Wildman–Crippen LogP) is 1.27. The molecule has 1 rings (SSSR count). The molecule has 0 fully saturated rings. The Kier molecular flexibility index (Phi) is 3.23. The smallest absolute Gasteiger partial charge is 0.116 e. The first-order valence-electron chi connectivity index (χ1n) is 4.20. The van der Waals surface area contributed by atoms with Crippen LogP contribution in [0.4, 0.5) is 0 Å². The van der Waals surface area contributed by atoms with Gasteiger partial charge in [0.2, 0.25) is 0 Å². The molecule has 11 heavy (non-hydrogen) atoms. The summed E-state index contributed by atoms with van der Waals surface area (Å²) < 4.78 is 5.42. The third kappa shape index (κ3) is 2.12. The summed E-state index contributed by atoms with van der Waals surface area (Å²) in [6.07, 6.45) is 4.51. The molecule has 0 heterocycles. The minimum Gasteiger partial charge on any atom is -0.496 e. The zero-order chi connectivity index (χ0) is 8.10. The Morgan fingerprint density at radius 1 is 1.45 bits per heavy atom. The Hall–Kier alpha value is -0.700. The van der Waals surface area contributed by atoms with E-state index in [-0.39, 0.29) is 0 Å². The zero-order valence-corrected chi connectivity index (χ0v) is 7.02. The van der Waals surface area contributed by atoms with Gasteiger partial charge in [-0.05, 0) is 26.2 Å². The molecule has 64 valence electrons. The minimum absolute atomic E-state index is 0.737. The van der Waals surface area contributed by atoms with Crippen molar-refractivity contribution in [2.75, 3.05) is 6.61 Å². The number of hydrogen-bond donors (Lipinski definition) is 2. The molecule has 0 saturated heterocycles. The van der Waals surface area contributed by atoms with Gasteiger partial charge in [0.1, 0.15) is 5.76 Å². The van der Waals surface area contributed by atoms with Crippen LogP contribution in [0.1, 0.15) is 32.6 Å². The number of hydrogen-bond acceptors (Lipinski definition) is 3. The van der Waals surface area contributed by atoms with Crippen LogP contribution in [0.15, 0.2) is 11.5 Å². The zero-order valence-electron chi connectivity index (χ0n) is 7.02. The highest BCUT2D eigenvalue weighted by atomic mass is 16.5. The second kappa shape index (κ2) is 4.23. The monoisotopic (exact) mass is 156 g/mol. The average molecular weight is 156 g/mol. The number of allylic oxidation sites excluding steroid dienone is 2. The molecule has 0 aromatic rings. The summed E-state index contributed by atoms with van der Waals surface area (Å²) in [7, 11) is 0. The van der Waals surface area contributed by atoms with Gasteiger partial charge in [0.05, 0.1) is 12.3 Å². The fourth-order valence-electron chi connectivity index (χ4n) is 1.36. The third-order valence-corrected chi connectivity index (χ3v) is 1.91. The lowest BCUT2D eigenvalue weighted by molar-refractivity contribution is 0.203. The van der Waals surface area contributed by atoms with E-state index < -0.39 is 0 Å². The van der Waals surface area contributed by atoms with Crippen molar-refractivity contribution in [3.63, 3.8) is 0 Å². The van der Waals surface area contributed by atoms with Crippen LogP contribution in [0, 0.1) is 0 Å². The molecule has 0 amide bonds. The summed E-state index contributed by atoms with van der Waals surface area (Å²) in [6.45, 7) is 2.73. The molecule has 0 saturated carbocycles. The van der Waals surface area contributed by atoms with Gasteiger partial charge in [-0.1, -0.05) is 0 Å². The molecule has 0 spiro atoms. The lowest BCUT2D eigenvalue weighted by Gasteiger charge is -2.19. The van der Waals surface area contributed by atoms with Crippen LogP contribution < -0.4 is 11.3 Å². The molecule has 0 unspecified atom stereocenters. The lowest BCUT2D eigenvalue weighted by Crippen LogP contribution is -2.25. The van der Waals surface area contributed by atoms with Crippen molar-refractivity contribution >= 4 is 0 Å². The second-order valence-electron chi connectivity index (χ2n) is 2.69. The standard InChI is InChI=1S/C8H16N2O/c1-2-11-8-6-4-3-5-7(8)10-9/h10H,2-6,9H2,1H3. The molecule has 0 radical (unpaired) electrons. The Morgan fingerprint density at radius 3 is 2.82 bits per heavy atom. The van der Waals surface area contributed by atoms with Crippen molar-refractivity contribution in [2.24, 2.45) is 5.84 Å². The fraction of sp³-hybridized carbons (Fsp3) is 0.750. The molecular weight excluding hydrogens is 140 g/mol. The van der Waals surface area contributed by atoms with Crippen molar-refractivity contribution in [2.45, 2.75) is 32.6 Å². The molecule has 0 atom stereocenters. The summed E-state index contributed by atoms with van der Waals surface area (Å²) in [5.74, 6) is 6.39. The van der Waals surface area contributed by atoms with Gasteiger partial charge in [-0.3, -0.25) is 5.84 Å². The largest absolute Gasteiger partial charge is 0.496 e. The highest BCUT2D eigenvalue weighted by molar-refractivity contribution is 5.08. The first-order valence-corrected chi connectivity index (χ1v) is 4.20. The maximum atomic E-state index is 5.42. The van der Waals surface area contributed by atoms with Crippen molar-refractivity contribution in [1.82, 2.24) is 5.43 Å². The third-order valence-electron chi connectivity index (χ3n) is 1.91. The van der Waals surface area contributed by atoms with Crippen molar-refractivity contribution in [3.8, 4) is 0 Å². The highest BCUT2D eigenvalue weighted by Gasteiger charge is 2.11. The van der Waals surface area contributed by atoms with E-state index in [2.05, 4.69) is 5.43 Å². The van der Waals surface area contributed by atoms with Gasteiger partial charge < -0.3 is 10.2 Å². The quantitative estimate of drug-likeness (QED) is 0.478. The average Bonchev–Trinajstić information content (AvgIpc) is 2.06. The van der Waals surface area contributed by atoms with Crippen LogP contribution in [-0.4, -0.2) is 6.61 Å². The van der Waals surface area contributed by atoms with Crippen LogP contribution in [0.2, 0.25) is 0 Å². The van der Waals surface area contributed by atoms with E-state index in [1.807, 2.05) is 6.92 Å². The van der Waals surface area contributed by atoms with Gasteiger partial charge in [-0.25, -0.2) is 0 Å². The number of hydrazine groups is 1. The molecule has 1 aliphatic carbocycles. The Bertz CT molecular complexity index is 154. The molecule has 3 heteroatoms. The van der Waals surface area contributed by atoms with Crippen LogP contribution in [0.3, 0.4) is 0 Å². The summed E-state index contributed by atoms with van der Waals surface area (Å²) in [4.78, 5) is 0. The van der Waals surface area contributed by atoms with E-state index >= 15 is 0 Å². The molecule has 3 nitrogen and oxygen atoms in total. The van der Waals surface area contributed by atoms with Gasteiger partial charge >= 0.3 is 0 Å². The van der Waals surface area contributed by atoms with Gasteiger partial charge in [0, 0.05) is 6.42 Å². The van der Waals surface area contributed by atoms with E-state index in [4.69, 9.17) is 10.6 Å². The number of rotatable bonds is 3. The summed E-state index contributed by atoms with van der Waals surface area (Å²) in [5, 5.41) is 0. The van der Waals surface area contributed by atoms with Crippen molar-refractivity contribution in [1.29, 1.82) is 0 Å². The fourth-order valence-corrected chi connectivity index (χ4v) is 1.36. The minimum atomic E-state index is 0.737. The van der Waals surface area contributed by atoms with E-state index in [0.29, 0.717) is 0 Å². The van der Waals surface area contributed by atoms with Crippen LogP contribution in [-0.2, 0) is 4.74 Å². The van der Waals surface area contributed by atoms with E-state index in [9.17, 15) is 0 Å². The SMILES string of the molecule is CCOC1=C(NN)CCCC1. The van der Waals surface area contributed by atoms with Crippen molar-refractivity contribution < 1.29 is 4.74 Å². The Balaban J connectivity index is 2.57. The predicted molar refractivity (Wildman–Crippen MR) is 44.4 cm³/mol. The summed E-state index contributed by atoms with van der Waals surface area (Å²) in [5.41, 5.74) is 3.78. The molecule has 0 aliphatic heterocycles. The van der Waals surface area contributed by atoms with Gasteiger partial charge in [0.25, 0.3) is 0 Å². The van der Waals surface area contributed by atoms with Gasteiger partial charge in [-0.15, -0.1) is 0 Å². The normalized spacial score (nSPS) is 18.4. The van der Waals surface area contributed by atoms with E-state index in [1.165, 1.54) is 12.8 Å². The second-order valence-corrected chi connectivity index (χ2v) is 2.69. The molecule has 3 N–H and O–H groups in total. The summed E-state index contributed by atoms with van der Waals surface area (Å²) in [6, 6.07) is 0. The maximum absolute atomic E-state index is 5.42. The molecular formula is C8H16N2O. The number of nitrogens with one attached hydrogen (secondary N) is 1. The molecule has 1 aliphatic rings. The first kappa shape index (κ1) is 8.40. The Morgan fingerprint density at radius 2 is 2.18 bits per heavy atom. The van der Waals surface area contributed by atoms with Gasteiger partial charge in [-0.2, -0.15) is 0 Å². The summed E-state index contributed by atoms with van der Waals surface area (Å²) >= 11 is 0. The van der Waals surface area contributed by atoms with Crippen molar-refractivity contribution in [3.05, 3.63) is 11.5 Å². The Labute approximate surface area is 67.6 Å². The first-order chi connectivity index (χ1) is 5.38. The van der Waals surface area contributed by atoms with Crippen LogP contribution >= 0.6 is 0 Å². The highest BCUT2D eigenvalue weighted by Crippen LogP contribution is 2.22. The maximum Gasteiger partial charge on any atom is 0.116 e. The van der Waals surface area contributed by atoms with E-state index in [1.54, 1.807) is 0 Å². The van der Waals surface area contributed by atoms with E-state index in [0.717, 1.165) is 30.9 Å². The topological polar surface area (TPSA) is 47.3 Å². The van der Waals surface area contributed by atoms with Crippen LogP contribution in [0.25, 0.3) is 0 Å². The number of nitrogens with two attached hydrogens (primary N) is 1. The molecule has 0 aromatic carbocycles. The number of ether oxygens (including phenoxy) is 1. The lowest BCUT2D eigenvalue weighted by atomic mass is 10.0. The molecule has 0 bridgehead atoms.